The molecule has 9 heteroatoms. The highest BCUT2D eigenvalue weighted by molar-refractivity contribution is 5.91. The van der Waals surface area contributed by atoms with Gasteiger partial charge < -0.3 is 23.7 Å². The van der Waals surface area contributed by atoms with E-state index in [1.165, 1.54) is 6.26 Å². The van der Waals surface area contributed by atoms with Crippen molar-refractivity contribution in [3.8, 4) is 11.8 Å². The number of piperazine rings is 1. The van der Waals surface area contributed by atoms with Crippen molar-refractivity contribution in [2.45, 2.75) is 0 Å². The maximum absolute atomic E-state index is 12.2. The zero-order valence-corrected chi connectivity index (χ0v) is 15.6. The van der Waals surface area contributed by atoms with E-state index in [1.807, 2.05) is 6.07 Å². The summed E-state index contributed by atoms with van der Waals surface area (Å²) in [7, 11) is 0. The third kappa shape index (κ3) is 5.35. The van der Waals surface area contributed by atoms with E-state index in [-0.39, 0.29) is 30.8 Å². The van der Waals surface area contributed by atoms with Crippen molar-refractivity contribution < 1.29 is 28.3 Å². The van der Waals surface area contributed by atoms with Crippen LogP contribution in [0.15, 0.2) is 47.1 Å². The van der Waals surface area contributed by atoms with Crippen LogP contribution in [0.25, 0.3) is 0 Å². The van der Waals surface area contributed by atoms with Crippen LogP contribution in [0.5, 0.6) is 5.75 Å². The molecule has 1 aliphatic heterocycles. The number of carbonyl (C=O) groups is 3. The van der Waals surface area contributed by atoms with E-state index in [4.69, 9.17) is 19.2 Å². The molecular formula is C20H19N3O6. The molecule has 1 aromatic carbocycles. The monoisotopic (exact) mass is 397 g/mol. The van der Waals surface area contributed by atoms with Gasteiger partial charge in [-0.3, -0.25) is 9.59 Å². The van der Waals surface area contributed by atoms with Gasteiger partial charge in [0, 0.05) is 26.2 Å². The maximum Gasteiger partial charge on any atom is 0.344 e. The normalized spacial score (nSPS) is 13.5. The van der Waals surface area contributed by atoms with Crippen molar-refractivity contribution >= 4 is 17.8 Å². The quantitative estimate of drug-likeness (QED) is 0.670. The molecular weight excluding hydrogens is 378 g/mol. The van der Waals surface area contributed by atoms with Crippen LogP contribution in [0.3, 0.4) is 0 Å². The number of hydrogen-bond acceptors (Lipinski definition) is 7. The van der Waals surface area contributed by atoms with Crippen LogP contribution in [0, 0.1) is 11.3 Å². The van der Waals surface area contributed by atoms with Crippen LogP contribution in [-0.4, -0.2) is 67.0 Å². The summed E-state index contributed by atoms with van der Waals surface area (Å²) >= 11 is 0. The molecule has 0 spiro atoms. The van der Waals surface area contributed by atoms with Gasteiger partial charge >= 0.3 is 5.97 Å². The van der Waals surface area contributed by atoms with E-state index in [1.54, 1.807) is 46.2 Å². The molecule has 2 heterocycles. The molecule has 9 nitrogen and oxygen atoms in total. The van der Waals surface area contributed by atoms with E-state index in [2.05, 4.69) is 0 Å². The van der Waals surface area contributed by atoms with Gasteiger partial charge in [-0.05, 0) is 36.4 Å². The number of carbonyl (C=O) groups excluding carboxylic acids is 3. The third-order valence-corrected chi connectivity index (χ3v) is 4.35. The average molecular weight is 397 g/mol. The number of rotatable bonds is 6. The molecule has 1 saturated heterocycles. The molecule has 0 aliphatic carbocycles. The number of furan rings is 1. The number of amides is 2. The first-order valence-corrected chi connectivity index (χ1v) is 8.96. The van der Waals surface area contributed by atoms with E-state index in [0.29, 0.717) is 37.5 Å². The van der Waals surface area contributed by atoms with Gasteiger partial charge in [0.05, 0.1) is 17.9 Å². The lowest BCUT2D eigenvalue weighted by atomic mass is 10.2. The molecule has 1 fully saturated rings. The van der Waals surface area contributed by atoms with Crippen molar-refractivity contribution in [3.63, 3.8) is 0 Å². The van der Waals surface area contributed by atoms with Crippen molar-refractivity contribution in [1.29, 1.82) is 5.26 Å². The van der Waals surface area contributed by atoms with Crippen molar-refractivity contribution in [2.24, 2.45) is 0 Å². The van der Waals surface area contributed by atoms with Crippen molar-refractivity contribution in [2.75, 3.05) is 39.4 Å². The zero-order valence-electron chi connectivity index (χ0n) is 15.6. The molecule has 29 heavy (non-hydrogen) atoms. The molecule has 0 bridgehead atoms. The molecule has 2 aromatic rings. The first-order valence-electron chi connectivity index (χ1n) is 8.96. The predicted octanol–water partition coefficient (Wildman–Crippen LogP) is 1.06. The van der Waals surface area contributed by atoms with Crippen molar-refractivity contribution in [3.05, 3.63) is 54.0 Å². The number of ether oxygens (including phenoxy) is 2. The Hall–Kier alpha value is -3.80. The minimum absolute atomic E-state index is 0.214. The number of benzene rings is 1. The standard InChI is InChI=1S/C20H19N3O6/c21-12-15-3-5-16(6-4-15)28-14-19(25)29-13-18(24)22-7-9-23(10-8-22)20(26)17-2-1-11-27-17/h1-6,11H,7-10,13-14H2. The third-order valence-electron chi connectivity index (χ3n) is 4.35. The zero-order chi connectivity index (χ0) is 20.6. The molecule has 0 atom stereocenters. The Morgan fingerprint density at radius 2 is 1.69 bits per heavy atom. The maximum atomic E-state index is 12.2. The summed E-state index contributed by atoms with van der Waals surface area (Å²) in [6.45, 7) is 0.726. The Labute approximate surface area is 167 Å². The highest BCUT2D eigenvalue weighted by Gasteiger charge is 2.26. The lowest BCUT2D eigenvalue weighted by Crippen LogP contribution is -2.51. The van der Waals surface area contributed by atoms with Gasteiger partial charge in [-0.2, -0.15) is 5.26 Å². The number of nitrogens with zero attached hydrogens (tertiary/aromatic N) is 3. The van der Waals surface area contributed by atoms with Crippen LogP contribution >= 0.6 is 0 Å². The summed E-state index contributed by atoms with van der Waals surface area (Å²) in [5, 5.41) is 8.74. The first kappa shape index (κ1) is 19.9. The van der Waals surface area contributed by atoms with Crippen LogP contribution in [-0.2, 0) is 14.3 Å². The first-order chi connectivity index (χ1) is 14.1. The van der Waals surface area contributed by atoms with Crippen LogP contribution < -0.4 is 4.74 Å². The van der Waals surface area contributed by atoms with Crippen molar-refractivity contribution in [1.82, 2.24) is 9.80 Å². The predicted molar refractivity (Wildman–Crippen MR) is 98.8 cm³/mol. The van der Waals surface area contributed by atoms with E-state index >= 15 is 0 Å². The molecule has 0 saturated carbocycles. The fourth-order valence-electron chi connectivity index (χ4n) is 2.76. The van der Waals surface area contributed by atoms with E-state index in [9.17, 15) is 14.4 Å². The van der Waals surface area contributed by atoms with Crippen LogP contribution in [0.1, 0.15) is 16.1 Å². The average Bonchev–Trinajstić information content (AvgIpc) is 3.31. The summed E-state index contributed by atoms with van der Waals surface area (Å²) in [5.74, 6) is -0.532. The molecule has 0 N–H and O–H groups in total. The molecule has 0 radical (unpaired) electrons. The number of nitriles is 1. The lowest BCUT2D eigenvalue weighted by Gasteiger charge is -2.34. The van der Waals surface area contributed by atoms with Gasteiger partial charge in [-0.25, -0.2) is 4.79 Å². The second kappa shape index (κ2) is 9.41. The fraction of sp³-hybridized carbons (Fsp3) is 0.300. The second-order valence-electron chi connectivity index (χ2n) is 6.24. The van der Waals surface area contributed by atoms with Crippen LogP contribution in [0.4, 0.5) is 0 Å². The van der Waals surface area contributed by atoms with Gasteiger partial charge in [0.1, 0.15) is 5.75 Å². The van der Waals surface area contributed by atoms with Gasteiger partial charge in [-0.15, -0.1) is 0 Å². The minimum Gasteiger partial charge on any atom is -0.482 e. The molecule has 150 valence electrons. The highest BCUT2D eigenvalue weighted by Crippen LogP contribution is 2.12. The van der Waals surface area contributed by atoms with E-state index < -0.39 is 5.97 Å². The number of hydrogen-bond donors (Lipinski definition) is 0. The van der Waals surface area contributed by atoms with Crippen LogP contribution in [0.2, 0.25) is 0 Å². The summed E-state index contributed by atoms with van der Waals surface area (Å²) in [6, 6.07) is 11.5. The Balaban J connectivity index is 1.36. The van der Waals surface area contributed by atoms with E-state index in [0.717, 1.165) is 0 Å². The Kier molecular flexibility index (Phi) is 6.47. The largest absolute Gasteiger partial charge is 0.482 e. The molecule has 3 rings (SSSR count). The Morgan fingerprint density at radius 1 is 1.00 bits per heavy atom. The fourth-order valence-corrected chi connectivity index (χ4v) is 2.76. The second-order valence-corrected chi connectivity index (χ2v) is 6.24. The van der Waals surface area contributed by atoms with Gasteiger partial charge in [0.2, 0.25) is 0 Å². The molecule has 2 amide bonds. The lowest BCUT2D eigenvalue weighted by molar-refractivity contribution is -0.154. The summed E-state index contributed by atoms with van der Waals surface area (Å²) < 4.78 is 15.3. The summed E-state index contributed by atoms with van der Waals surface area (Å²) in [5.41, 5.74) is 0.483. The highest BCUT2D eigenvalue weighted by atomic mass is 16.6. The topological polar surface area (TPSA) is 113 Å². The molecule has 1 aromatic heterocycles. The Morgan fingerprint density at radius 3 is 2.31 bits per heavy atom. The molecule has 0 unspecified atom stereocenters. The smallest absolute Gasteiger partial charge is 0.344 e. The van der Waals surface area contributed by atoms with Gasteiger partial charge in [0.25, 0.3) is 11.8 Å². The summed E-state index contributed by atoms with van der Waals surface area (Å²) in [4.78, 5) is 39.3. The Bertz CT molecular complexity index is 893. The minimum atomic E-state index is -0.672. The number of esters is 1. The summed E-state index contributed by atoms with van der Waals surface area (Å²) in [6.07, 6.45) is 1.44. The SMILES string of the molecule is N#Cc1ccc(OCC(=O)OCC(=O)N2CCN(C(=O)c3ccco3)CC2)cc1. The van der Waals surface area contributed by atoms with Gasteiger partial charge in [-0.1, -0.05) is 0 Å². The van der Waals surface area contributed by atoms with Gasteiger partial charge in [0.15, 0.2) is 19.0 Å². The molecule has 1 aliphatic rings.